The summed E-state index contributed by atoms with van der Waals surface area (Å²) in [5.74, 6) is 0.590. The average Bonchev–Trinajstić information content (AvgIpc) is 3.13. The van der Waals surface area contributed by atoms with Crippen molar-refractivity contribution in [2.75, 3.05) is 11.9 Å². The Morgan fingerprint density at radius 3 is 2.70 bits per heavy atom. The molecule has 1 aromatic heterocycles. The Hall–Kier alpha value is -2.64. The average molecular weight is 430 g/mol. The Morgan fingerprint density at radius 1 is 1.19 bits per heavy atom. The molecule has 0 radical (unpaired) electrons. The van der Waals surface area contributed by atoms with Gasteiger partial charge < -0.3 is 14.8 Å². The van der Waals surface area contributed by atoms with Crippen LogP contribution in [-0.4, -0.2) is 22.3 Å². The zero-order chi connectivity index (χ0) is 19.1. The van der Waals surface area contributed by atoms with Crippen molar-refractivity contribution >= 4 is 27.5 Å². The highest BCUT2D eigenvalue weighted by Gasteiger charge is 2.08. The first kappa shape index (κ1) is 19.1. The van der Waals surface area contributed by atoms with Gasteiger partial charge in [0.2, 0.25) is 0 Å². The van der Waals surface area contributed by atoms with Gasteiger partial charge in [-0.05, 0) is 52.7 Å². The molecule has 6 nitrogen and oxygen atoms in total. The van der Waals surface area contributed by atoms with E-state index in [1.54, 1.807) is 29.2 Å². The minimum Gasteiger partial charge on any atom is -0.488 e. The lowest BCUT2D eigenvalue weighted by Crippen LogP contribution is -2.11. The number of nitrogens with one attached hydrogen (secondary N) is 1. The summed E-state index contributed by atoms with van der Waals surface area (Å²) in [7, 11) is 0. The maximum absolute atomic E-state index is 12.4. The molecule has 1 amide bonds. The van der Waals surface area contributed by atoms with E-state index in [4.69, 9.17) is 9.47 Å². The van der Waals surface area contributed by atoms with Gasteiger partial charge in [-0.3, -0.25) is 4.79 Å². The standard InChI is InChI=1S/C20H20BrN3O3/c1-2-26-14-24-12-17(11-22-24)23-20(25)16-9-7-15(8-10-16)13-27-19-6-4-3-5-18(19)21/h3-12H,2,13-14H2,1H3,(H,23,25). The number of rotatable bonds is 8. The lowest BCUT2D eigenvalue weighted by atomic mass is 10.1. The van der Waals surface area contributed by atoms with Crippen LogP contribution < -0.4 is 10.1 Å². The van der Waals surface area contributed by atoms with Crippen LogP contribution in [0.5, 0.6) is 5.75 Å². The van der Waals surface area contributed by atoms with Crippen LogP contribution >= 0.6 is 15.9 Å². The molecule has 27 heavy (non-hydrogen) atoms. The number of aromatic nitrogens is 2. The van der Waals surface area contributed by atoms with E-state index in [9.17, 15) is 4.79 Å². The van der Waals surface area contributed by atoms with Crippen molar-refractivity contribution < 1.29 is 14.3 Å². The van der Waals surface area contributed by atoms with E-state index in [0.717, 1.165) is 15.8 Å². The first-order valence-electron chi connectivity index (χ1n) is 8.53. The van der Waals surface area contributed by atoms with Crippen molar-refractivity contribution in [1.82, 2.24) is 9.78 Å². The molecule has 0 saturated carbocycles. The van der Waals surface area contributed by atoms with Gasteiger partial charge in [0.05, 0.1) is 22.6 Å². The van der Waals surface area contributed by atoms with Crippen LogP contribution in [0.3, 0.4) is 0 Å². The van der Waals surface area contributed by atoms with Gasteiger partial charge in [0, 0.05) is 12.2 Å². The number of hydrogen-bond acceptors (Lipinski definition) is 4. The summed E-state index contributed by atoms with van der Waals surface area (Å²) in [6.45, 7) is 3.31. The fraction of sp³-hybridized carbons (Fsp3) is 0.200. The summed E-state index contributed by atoms with van der Waals surface area (Å²) in [5.41, 5.74) is 2.17. The topological polar surface area (TPSA) is 65.4 Å². The largest absolute Gasteiger partial charge is 0.488 e. The van der Waals surface area contributed by atoms with Crippen LogP contribution in [0.15, 0.2) is 65.4 Å². The van der Waals surface area contributed by atoms with Gasteiger partial charge in [-0.15, -0.1) is 0 Å². The molecule has 0 fully saturated rings. The number of para-hydroxylation sites is 1. The number of carbonyl (C=O) groups excluding carboxylic acids is 1. The van der Waals surface area contributed by atoms with Crippen molar-refractivity contribution in [3.05, 3.63) is 76.5 Å². The van der Waals surface area contributed by atoms with Gasteiger partial charge >= 0.3 is 0 Å². The van der Waals surface area contributed by atoms with Gasteiger partial charge in [-0.2, -0.15) is 5.10 Å². The van der Waals surface area contributed by atoms with E-state index in [2.05, 4.69) is 26.3 Å². The molecule has 0 aliphatic heterocycles. The first-order valence-corrected chi connectivity index (χ1v) is 9.33. The van der Waals surface area contributed by atoms with Crippen molar-refractivity contribution in [3.63, 3.8) is 0 Å². The van der Waals surface area contributed by atoms with Crippen molar-refractivity contribution in [3.8, 4) is 5.75 Å². The SMILES string of the molecule is CCOCn1cc(NC(=O)c2ccc(COc3ccccc3Br)cc2)cn1. The molecule has 0 aliphatic rings. The molecule has 0 atom stereocenters. The summed E-state index contributed by atoms with van der Waals surface area (Å²) in [6, 6.07) is 15.0. The molecule has 0 bridgehead atoms. The monoisotopic (exact) mass is 429 g/mol. The molecule has 3 aromatic rings. The molecule has 140 valence electrons. The van der Waals surface area contributed by atoms with E-state index in [1.165, 1.54) is 0 Å². The van der Waals surface area contributed by atoms with Gasteiger partial charge in [-0.25, -0.2) is 4.68 Å². The first-order chi connectivity index (χ1) is 13.2. The molecule has 1 heterocycles. The van der Waals surface area contributed by atoms with E-state index in [1.807, 2.05) is 43.3 Å². The molecule has 2 aromatic carbocycles. The summed E-state index contributed by atoms with van der Waals surface area (Å²) in [6.07, 6.45) is 3.32. The summed E-state index contributed by atoms with van der Waals surface area (Å²) < 4.78 is 13.6. The summed E-state index contributed by atoms with van der Waals surface area (Å²) in [5, 5.41) is 6.96. The van der Waals surface area contributed by atoms with E-state index < -0.39 is 0 Å². The maximum atomic E-state index is 12.4. The minimum absolute atomic E-state index is 0.191. The summed E-state index contributed by atoms with van der Waals surface area (Å²) in [4.78, 5) is 12.4. The number of anilines is 1. The molecule has 0 unspecified atom stereocenters. The highest BCUT2D eigenvalue weighted by molar-refractivity contribution is 9.10. The molecule has 7 heteroatoms. The van der Waals surface area contributed by atoms with Crippen LogP contribution in [0.1, 0.15) is 22.8 Å². The number of halogens is 1. The Bertz CT molecular complexity index is 893. The number of nitrogens with zero attached hydrogens (tertiary/aromatic N) is 2. The fourth-order valence-electron chi connectivity index (χ4n) is 2.36. The number of ether oxygens (including phenoxy) is 2. The van der Waals surface area contributed by atoms with Crippen molar-refractivity contribution in [1.29, 1.82) is 0 Å². The molecule has 0 aliphatic carbocycles. The van der Waals surface area contributed by atoms with Crippen molar-refractivity contribution in [2.24, 2.45) is 0 Å². The lowest BCUT2D eigenvalue weighted by molar-refractivity contribution is 0.0792. The molecule has 3 rings (SSSR count). The fourth-order valence-corrected chi connectivity index (χ4v) is 2.76. The van der Waals surface area contributed by atoms with Crippen LogP contribution in [0.4, 0.5) is 5.69 Å². The Morgan fingerprint density at radius 2 is 1.96 bits per heavy atom. The maximum Gasteiger partial charge on any atom is 0.255 e. The Labute approximate surface area is 166 Å². The highest BCUT2D eigenvalue weighted by atomic mass is 79.9. The second-order valence-electron chi connectivity index (χ2n) is 5.76. The zero-order valence-electron chi connectivity index (χ0n) is 14.9. The van der Waals surface area contributed by atoms with Crippen LogP contribution in [0, 0.1) is 0 Å². The van der Waals surface area contributed by atoms with Crippen LogP contribution in [-0.2, 0) is 18.1 Å². The number of benzene rings is 2. The van der Waals surface area contributed by atoms with Gasteiger partial charge in [-0.1, -0.05) is 24.3 Å². The second-order valence-corrected chi connectivity index (χ2v) is 6.61. The predicted octanol–water partition coefficient (Wildman–Crippen LogP) is 4.47. The van der Waals surface area contributed by atoms with Crippen LogP contribution in [0.25, 0.3) is 0 Å². The quantitative estimate of drug-likeness (QED) is 0.573. The Balaban J connectivity index is 1.55. The Kier molecular flexibility index (Phi) is 6.62. The molecule has 0 saturated heterocycles. The predicted molar refractivity (Wildman–Crippen MR) is 107 cm³/mol. The van der Waals surface area contributed by atoms with Crippen LogP contribution in [0.2, 0.25) is 0 Å². The third-order valence-corrected chi connectivity index (χ3v) is 4.42. The lowest BCUT2D eigenvalue weighted by Gasteiger charge is -2.08. The van der Waals surface area contributed by atoms with E-state index >= 15 is 0 Å². The molecule has 0 spiro atoms. The minimum atomic E-state index is -0.191. The van der Waals surface area contributed by atoms with E-state index in [-0.39, 0.29) is 5.91 Å². The normalized spacial score (nSPS) is 10.6. The number of amides is 1. The molecular formula is C20H20BrN3O3. The van der Waals surface area contributed by atoms with Gasteiger partial charge in [0.15, 0.2) is 0 Å². The van der Waals surface area contributed by atoms with Crippen molar-refractivity contribution in [2.45, 2.75) is 20.3 Å². The zero-order valence-corrected chi connectivity index (χ0v) is 16.5. The second kappa shape index (κ2) is 9.34. The third kappa shape index (κ3) is 5.42. The van der Waals surface area contributed by atoms with Gasteiger partial charge in [0.1, 0.15) is 19.1 Å². The van der Waals surface area contributed by atoms with Gasteiger partial charge in [0.25, 0.3) is 5.91 Å². The van der Waals surface area contributed by atoms with E-state index in [0.29, 0.717) is 31.2 Å². The smallest absolute Gasteiger partial charge is 0.255 e. The third-order valence-electron chi connectivity index (χ3n) is 3.77. The summed E-state index contributed by atoms with van der Waals surface area (Å²) >= 11 is 3.45. The number of hydrogen-bond donors (Lipinski definition) is 1. The number of carbonyl (C=O) groups is 1. The highest BCUT2D eigenvalue weighted by Crippen LogP contribution is 2.24. The molecular weight excluding hydrogens is 410 g/mol. The molecule has 1 N–H and O–H groups in total.